The molecule has 0 amide bonds. The molecular weight excluding hydrogens is 372 g/mol. The predicted octanol–water partition coefficient (Wildman–Crippen LogP) is 6.11. The minimum absolute atomic E-state index is 0.0197. The highest BCUT2D eigenvalue weighted by Gasteiger charge is 2.12. The molecular formula is C24H21ClO3. The number of rotatable bonds is 7. The minimum Gasteiger partial charge on any atom is -0.486 e. The van der Waals surface area contributed by atoms with E-state index >= 15 is 0 Å². The van der Waals surface area contributed by atoms with Crippen LogP contribution in [0.1, 0.15) is 51.8 Å². The second-order valence-electron chi connectivity index (χ2n) is 6.69. The molecule has 0 saturated heterocycles. The highest BCUT2D eigenvalue weighted by atomic mass is 35.5. The maximum atomic E-state index is 12.6. The third-order valence-electron chi connectivity index (χ3n) is 4.53. The quantitative estimate of drug-likeness (QED) is 0.456. The molecule has 0 aliphatic rings. The molecule has 3 rings (SSSR count). The molecule has 0 saturated carbocycles. The Morgan fingerprint density at radius 2 is 1.61 bits per heavy atom. The molecule has 0 heterocycles. The largest absolute Gasteiger partial charge is 0.486 e. The van der Waals surface area contributed by atoms with Crippen molar-refractivity contribution in [2.45, 2.75) is 26.4 Å². The van der Waals surface area contributed by atoms with Gasteiger partial charge in [-0.3, -0.25) is 9.59 Å². The van der Waals surface area contributed by atoms with Gasteiger partial charge >= 0.3 is 0 Å². The van der Waals surface area contributed by atoms with E-state index in [2.05, 4.69) is 0 Å². The van der Waals surface area contributed by atoms with Crippen molar-refractivity contribution in [3.8, 4) is 5.75 Å². The number of hydrogen-bond acceptors (Lipinski definition) is 3. The summed E-state index contributed by atoms with van der Waals surface area (Å²) in [7, 11) is 0. The number of carbonyl (C=O) groups is 2. The van der Waals surface area contributed by atoms with E-state index in [0.29, 0.717) is 28.3 Å². The van der Waals surface area contributed by atoms with Crippen molar-refractivity contribution < 1.29 is 14.3 Å². The van der Waals surface area contributed by atoms with Gasteiger partial charge in [0.2, 0.25) is 0 Å². The zero-order chi connectivity index (χ0) is 20.1. The third kappa shape index (κ3) is 5.08. The SMILES string of the molecule is CC(=O)c1ccc(C(C)Oc2cccc(C(=O)Cc3ccc(Cl)cc3)c2)cc1. The van der Waals surface area contributed by atoms with E-state index in [1.807, 2.05) is 43.3 Å². The van der Waals surface area contributed by atoms with Gasteiger partial charge < -0.3 is 4.74 Å². The van der Waals surface area contributed by atoms with E-state index in [9.17, 15) is 9.59 Å². The van der Waals surface area contributed by atoms with Crippen LogP contribution in [0.25, 0.3) is 0 Å². The summed E-state index contributed by atoms with van der Waals surface area (Å²) in [6.45, 7) is 3.48. The lowest BCUT2D eigenvalue weighted by Crippen LogP contribution is -2.06. The lowest BCUT2D eigenvalue weighted by Gasteiger charge is -2.16. The lowest BCUT2D eigenvalue weighted by molar-refractivity contribution is 0.0989. The van der Waals surface area contributed by atoms with Gasteiger partial charge in [-0.05, 0) is 49.2 Å². The summed E-state index contributed by atoms with van der Waals surface area (Å²) >= 11 is 5.89. The molecule has 0 aromatic heterocycles. The van der Waals surface area contributed by atoms with E-state index in [-0.39, 0.29) is 17.7 Å². The summed E-state index contributed by atoms with van der Waals surface area (Å²) in [6, 6.07) is 21.8. The summed E-state index contributed by atoms with van der Waals surface area (Å²) in [6.07, 6.45) is 0.102. The van der Waals surface area contributed by atoms with Gasteiger partial charge in [0.1, 0.15) is 11.9 Å². The summed E-state index contributed by atoms with van der Waals surface area (Å²) < 4.78 is 6.00. The van der Waals surface area contributed by atoms with E-state index in [0.717, 1.165) is 11.1 Å². The molecule has 0 spiro atoms. The van der Waals surface area contributed by atoms with Gasteiger partial charge in [0.25, 0.3) is 0 Å². The van der Waals surface area contributed by atoms with Crippen LogP contribution in [-0.2, 0) is 6.42 Å². The van der Waals surface area contributed by atoms with Crippen LogP contribution in [-0.4, -0.2) is 11.6 Å². The molecule has 28 heavy (non-hydrogen) atoms. The molecule has 142 valence electrons. The number of Topliss-reactive ketones (excluding diaryl/α,β-unsaturated/α-hetero) is 2. The Labute approximate surface area is 169 Å². The van der Waals surface area contributed by atoms with E-state index < -0.39 is 0 Å². The van der Waals surface area contributed by atoms with E-state index in [1.165, 1.54) is 0 Å². The van der Waals surface area contributed by atoms with Crippen molar-refractivity contribution >= 4 is 23.2 Å². The van der Waals surface area contributed by atoms with E-state index in [4.69, 9.17) is 16.3 Å². The maximum Gasteiger partial charge on any atom is 0.167 e. The molecule has 0 radical (unpaired) electrons. The van der Waals surface area contributed by atoms with Crippen LogP contribution in [0.4, 0.5) is 0 Å². The maximum absolute atomic E-state index is 12.6. The fourth-order valence-corrected chi connectivity index (χ4v) is 3.02. The van der Waals surface area contributed by atoms with Gasteiger partial charge in [-0.2, -0.15) is 0 Å². The van der Waals surface area contributed by atoms with Crippen LogP contribution < -0.4 is 4.74 Å². The summed E-state index contributed by atoms with van der Waals surface area (Å²) in [5.41, 5.74) is 3.15. The second-order valence-corrected chi connectivity index (χ2v) is 7.13. The van der Waals surface area contributed by atoms with Crippen LogP contribution in [0, 0.1) is 0 Å². The number of ketones is 2. The molecule has 3 nitrogen and oxygen atoms in total. The average molecular weight is 393 g/mol. The predicted molar refractivity (Wildman–Crippen MR) is 111 cm³/mol. The first-order valence-electron chi connectivity index (χ1n) is 9.07. The zero-order valence-corrected chi connectivity index (χ0v) is 16.6. The first-order chi connectivity index (χ1) is 13.4. The minimum atomic E-state index is -0.206. The Hall–Kier alpha value is -2.91. The Bertz CT molecular complexity index is 975. The first-order valence-corrected chi connectivity index (χ1v) is 9.45. The Morgan fingerprint density at radius 3 is 2.25 bits per heavy atom. The highest BCUT2D eigenvalue weighted by Crippen LogP contribution is 2.24. The van der Waals surface area contributed by atoms with Crippen molar-refractivity contribution in [2.75, 3.05) is 0 Å². The highest BCUT2D eigenvalue weighted by molar-refractivity contribution is 6.30. The molecule has 1 unspecified atom stereocenters. The van der Waals surface area contributed by atoms with Gasteiger partial charge in [-0.15, -0.1) is 0 Å². The van der Waals surface area contributed by atoms with Crippen molar-refractivity contribution in [2.24, 2.45) is 0 Å². The molecule has 3 aromatic carbocycles. The fraction of sp³-hybridized carbons (Fsp3) is 0.167. The van der Waals surface area contributed by atoms with E-state index in [1.54, 1.807) is 43.3 Å². The Kier molecular flexibility index (Phi) is 6.27. The molecule has 0 bridgehead atoms. The number of ether oxygens (including phenoxy) is 1. The third-order valence-corrected chi connectivity index (χ3v) is 4.79. The van der Waals surface area contributed by atoms with Gasteiger partial charge in [0.05, 0.1) is 0 Å². The normalized spacial score (nSPS) is 11.7. The molecule has 1 atom stereocenters. The fourth-order valence-electron chi connectivity index (χ4n) is 2.89. The van der Waals surface area contributed by atoms with Crippen LogP contribution in [0.3, 0.4) is 0 Å². The first kappa shape index (κ1) is 19.8. The van der Waals surface area contributed by atoms with Crippen LogP contribution in [0.5, 0.6) is 5.75 Å². The van der Waals surface area contributed by atoms with Crippen LogP contribution in [0.2, 0.25) is 5.02 Å². The standard InChI is InChI=1S/C24H21ClO3/c1-16(26)19-8-10-20(11-9-19)17(2)28-23-5-3-4-21(15-23)24(27)14-18-6-12-22(25)13-7-18/h3-13,15,17H,14H2,1-2H3. The van der Waals surface area contributed by atoms with Crippen molar-refractivity contribution in [1.82, 2.24) is 0 Å². The molecule has 0 fully saturated rings. The topological polar surface area (TPSA) is 43.4 Å². The summed E-state index contributed by atoms with van der Waals surface area (Å²) in [5, 5.41) is 0.650. The molecule has 0 aliphatic carbocycles. The second kappa shape index (κ2) is 8.85. The Balaban J connectivity index is 1.69. The zero-order valence-electron chi connectivity index (χ0n) is 15.8. The molecule has 0 N–H and O–H groups in total. The lowest BCUT2D eigenvalue weighted by atomic mass is 10.0. The van der Waals surface area contributed by atoms with Crippen LogP contribution in [0.15, 0.2) is 72.8 Å². The van der Waals surface area contributed by atoms with Crippen molar-refractivity contribution in [3.63, 3.8) is 0 Å². The summed E-state index contributed by atoms with van der Waals surface area (Å²) in [5.74, 6) is 0.684. The van der Waals surface area contributed by atoms with Crippen molar-refractivity contribution in [1.29, 1.82) is 0 Å². The number of benzene rings is 3. The van der Waals surface area contributed by atoms with Gasteiger partial charge in [0.15, 0.2) is 11.6 Å². The molecule has 3 aromatic rings. The number of carbonyl (C=O) groups excluding carboxylic acids is 2. The molecule has 0 aliphatic heterocycles. The Morgan fingerprint density at radius 1 is 0.929 bits per heavy atom. The van der Waals surface area contributed by atoms with Gasteiger partial charge in [-0.25, -0.2) is 0 Å². The van der Waals surface area contributed by atoms with Crippen molar-refractivity contribution in [3.05, 3.63) is 100 Å². The molecule has 4 heteroatoms. The summed E-state index contributed by atoms with van der Waals surface area (Å²) in [4.78, 5) is 24.0. The van der Waals surface area contributed by atoms with Gasteiger partial charge in [-0.1, -0.05) is 60.1 Å². The number of hydrogen-bond donors (Lipinski definition) is 0. The number of halogens is 1. The smallest absolute Gasteiger partial charge is 0.167 e. The van der Waals surface area contributed by atoms with Gasteiger partial charge in [0, 0.05) is 22.6 Å². The van der Waals surface area contributed by atoms with Crippen LogP contribution >= 0.6 is 11.6 Å². The average Bonchev–Trinajstić information content (AvgIpc) is 2.70. The monoisotopic (exact) mass is 392 g/mol.